The lowest BCUT2D eigenvalue weighted by atomic mass is 10.1. The minimum absolute atomic E-state index is 0.0809. The highest BCUT2D eigenvalue weighted by Gasteiger charge is 2.07. The second-order valence-corrected chi connectivity index (χ2v) is 4.30. The molecule has 0 aliphatic carbocycles. The molecule has 2 rings (SSSR count). The minimum atomic E-state index is -1.06. The molecule has 0 saturated heterocycles. The first kappa shape index (κ1) is 13.0. The first-order valence-corrected chi connectivity index (χ1v) is 5.90. The van der Waals surface area contributed by atoms with E-state index in [1.807, 2.05) is 31.2 Å². The molecule has 1 aromatic heterocycles. The van der Waals surface area contributed by atoms with E-state index in [1.165, 1.54) is 0 Å². The molecule has 0 aliphatic heterocycles. The number of hydrogen-bond donors (Lipinski definition) is 2. The summed E-state index contributed by atoms with van der Waals surface area (Å²) in [5, 5.41) is 11.8. The zero-order chi connectivity index (χ0) is 13.8. The number of amides is 1. The molecule has 0 fully saturated rings. The third kappa shape index (κ3) is 3.28. The van der Waals surface area contributed by atoms with Crippen molar-refractivity contribution in [2.75, 3.05) is 6.54 Å². The van der Waals surface area contributed by atoms with E-state index in [2.05, 4.69) is 10.3 Å². The number of aromatic nitrogens is 1. The van der Waals surface area contributed by atoms with Gasteiger partial charge in [0.1, 0.15) is 6.54 Å². The number of hydrogen-bond acceptors (Lipinski definition) is 3. The van der Waals surface area contributed by atoms with Crippen molar-refractivity contribution in [1.82, 2.24) is 10.3 Å². The first-order chi connectivity index (χ1) is 9.06. The molecule has 0 saturated carbocycles. The number of carboxylic acids is 1. The van der Waals surface area contributed by atoms with E-state index in [4.69, 9.17) is 5.11 Å². The van der Waals surface area contributed by atoms with Gasteiger partial charge in [-0.25, -0.2) is 0 Å². The molecule has 0 atom stereocenters. The molecule has 0 aliphatic rings. The SMILES string of the molecule is Cc1cccc2ccc(CC(=O)NCC(=O)O)nc12. The van der Waals surface area contributed by atoms with Crippen molar-refractivity contribution in [3.8, 4) is 0 Å². The Kier molecular flexibility index (Phi) is 3.75. The van der Waals surface area contributed by atoms with E-state index in [1.54, 1.807) is 6.07 Å². The Balaban J connectivity index is 2.15. The Morgan fingerprint density at radius 1 is 1.26 bits per heavy atom. The van der Waals surface area contributed by atoms with Gasteiger partial charge >= 0.3 is 5.97 Å². The Hall–Kier alpha value is -2.43. The summed E-state index contributed by atoms with van der Waals surface area (Å²) in [5.74, 6) is -1.40. The smallest absolute Gasteiger partial charge is 0.322 e. The molecule has 0 bridgehead atoms. The van der Waals surface area contributed by atoms with Crippen LogP contribution in [0.2, 0.25) is 0 Å². The number of nitrogens with zero attached hydrogens (tertiary/aromatic N) is 1. The van der Waals surface area contributed by atoms with Crippen molar-refractivity contribution in [1.29, 1.82) is 0 Å². The fourth-order valence-corrected chi connectivity index (χ4v) is 1.84. The monoisotopic (exact) mass is 258 g/mol. The van der Waals surface area contributed by atoms with E-state index in [0.717, 1.165) is 16.5 Å². The molecule has 1 aromatic carbocycles. The third-order valence-electron chi connectivity index (χ3n) is 2.76. The van der Waals surface area contributed by atoms with Crippen molar-refractivity contribution in [2.24, 2.45) is 0 Å². The summed E-state index contributed by atoms with van der Waals surface area (Å²) >= 11 is 0. The van der Waals surface area contributed by atoms with Crippen LogP contribution in [0.15, 0.2) is 30.3 Å². The summed E-state index contributed by atoms with van der Waals surface area (Å²) in [4.78, 5) is 26.3. The van der Waals surface area contributed by atoms with E-state index < -0.39 is 5.97 Å². The number of carbonyl (C=O) groups is 2. The van der Waals surface area contributed by atoms with Crippen LogP contribution < -0.4 is 5.32 Å². The van der Waals surface area contributed by atoms with E-state index in [-0.39, 0.29) is 18.9 Å². The predicted molar refractivity (Wildman–Crippen MR) is 70.8 cm³/mol. The summed E-state index contributed by atoms with van der Waals surface area (Å²) in [5.41, 5.74) is 2.54. The van der Waals surface area contributed by atoms with Crippen LogP contribution in [0, 0.1) is 6.92 Å². The Morgan fingerprint density at radius 3 is 2.79 bits per heavy atom. The van der Waals surface area contributed by atoms with Gasteiger partial charge < -0.3 is 10.4 Å². The van der Waals surface area contributed by atoms with Crippen molar-refractivity contribution in [2.45, 2.75) is 13.3 Å². The highest BCUT2D eigenvalue weighted by Crippen LogP contribution is 2.16. The number of benzene rings is 1. The number of carbonyl (C=O) groups excluding carboxylic acids is 1. The molecule has 19 heavy (non-hydrogen) atoms. The first-order valence-electron chi connectivity index (χ1n) is 5.90. The molecule has 2 N–H and O–H groups in total. The second kappa shape index (κ2) is 5.48. The van der Waals surface area contributed by atoms with Crippen molar-refractivity contribution < 1.29 is 14.7 Å². The molecule has 5 heteroatoms. The van der Waals surface area contributed by atoms with Gasteiger partial charge in [-0.05, 0) is 18.6 Å². The number of aliphatic carboxylic acids is 1. The Morgan fingerprint density at radius 2 is 2.05 bits per heavy atom. The Labute approximate surface area is 110 Å². The molecular formula is C14H14N2O3. The lowest BCUT2D eigenvalue weighted by Crippen LogP contribution is -2.30. The quantitative estimate of drug-likeness (QED) is 0.866. The average Bonchev–Trinajstić information content (AvgIpc) is 2.37. The van der Waals surface area contributed by atoms with Crippen LogP contribution >= 0.6 is 0 Å². The lowest BCUT2D eigenvalue weighted by Gasteiger charge is -2.05. The molecular weight excluding hydrogens is 244 g/mol. The van der Waals surface area contributed by atoms with Crippen LogP contribution in [0.3, 0.4) is 0 Å². The zero-order valence-corrected chi connectivity index (χ0v) is 10.5. The molecule has 98 valence electrons. The number of para-hydroxylation sites is 1. The van der Waals surface area contributed by atoms with Gasteiger partial charge in [-0.3, -0.25) is 14.6 Å². The summed E-state index contributed by atoms with van der Waals surface area (Å²) in [6.07, 6.45) is 0.0809. The standard InChI is InChI=1S/C14H14N2O3/c1-9-3-2-4-10-5-6-11(16-14(9)10)7-12(17)15-8-13(18)19/h2-6H,7-8H2,1H3,(H,15,17)(H,18,19). The summed E-state index contributed by atoms with van der Waals surface area (Å²) in [6, 6.07) is 9.57. The van der Waals surface area contributed by atoms with Crippen molar-refractivity contribution in [3.63, 3.8) is 0 Å². The lowest BCUT2D eigenvalue weighted by molar-refractivity contribution is -0.137. The molecule has 0 spiro atoms. The van der Waals surface area contributed by atoms with Gasteiger partial charge in [-0.15, -0.1) is 0 Å². The van der Waals surface area contributed by atoms with Crippen LogP contribution in [0.4, 0.5) is 0 Å². The van der Waals surface area contributed by atoms with Gasteiger partial charge in [0.25, 0.3) is 0 Å². The highest BCUT2D eigenvalue weighted by atomic mass is 16.4. The molecule has 0 unspecified atom stereocenters. The maximum absolute atomic E-state index is 11.5. The molecule has 1 amide bonds. The maximum atomic E-state index is 11.5. The van der Waals surface area contributed by atoms with Crippen LogP contribution in [0.5, 0.6) is 0 Å². The highest BCUT2D eigenvalue weighted by molar-refractivity contribution is 5.85. The van der Waals surface area contributed by atoms with Crippen LogP contribution in [0.1, 0.15) is 11.3 Å². The Bertz CT molecular complexity index is 638. The van der Waals surface area contributed by atoms with Crippen molar-refractivity contribution >= 4 is 22.8 Å². The van der Waals surface area contributed by atoms with Crippen LogP contribution in [-0.4, -0.2) is 28.5 Å². The molecule has 1 heterocycles. The number of fused-ring (bicyclic) bond motifs is 1. The summed E-state index contributed by atoms with van der Waals surface area (Å²) < 4.78 is 0. The topological polar surface area (TPSA) is 79.3 Å². The van der Waals surface area contributed by atoms with Gasteiger partial charge in [-0.2, -0.15) is 0 Å². The molecule has 5 nitrogen and oxygen atoms in total. The number of nitrogens with one attached hydrogen (secondary N) is 1. The van der Waals surface area contributed by atoms with E-state index in [0.29, 0.717) is 5.69 Å². The van der Waals surface area contributed by atoms with Gasteiger partial charge in [0.05, 0.1) is 17.6 Å². The molecule has 0 radical (unpaired) electrons. The normalized spacial score (nSPS) is 10.4. The minimum Gasteiger partial charge on any atom is -0.480 e. The van der Waals surface area contributed by atoms with E-state index in [9.17, 15) is 9.59 Å². The zero-order valence-electron chi connectivity index (χ0n) is 10.5. The maximum Gasteiger partial charge on any atom is 0.322 e. The van der Waals surface area contributed by atoms with Crippen molar-refractivity contribution in [3.05, 3.63) is 41.6 Å². The van der Waals surface area contributed by atoms with Crippen LogP contribution in [-0.2, 0) is 16.0 Å². The third-order valence-corrected chi connectivity index (χ3v) is 2.76. The number of pyridine rings is 1. The second-order valence-electron chi connectivity index (χ2n) is 4.30. The van der Waals surface area contributed by atoms with Crippen LogP contribution in [0.25, 0.3) is 10.9 Å². The molecule has 2 aromatic rings. The fraction of sp³-hybridized carbons (Fsp3) is 0.214. The number of aryl methyl sites for hydroxylation is 1. The van der Waals surface area contributed by atoms with Gasteiger partial charge in [0.2, 0.25) is 5.91 Å². The number of carboxylic acid groups (broad SMARTS) is 1. The largest absolute Gasteiger partial charge is 0.480 e. The van der Waals surface area contributed by atoms with Gasteiger partial charge in [0.15, 0.2) is 0 Å². The predicted octanol–water partition coefficient (Wildman–Crippen LogP) is 1.29. The fourth-order valence-electron chi connectivity index (χ4n) is 1.84. The summed E-state index contributed by atoms with van der Waals surface area (Å²) in [7, 11) is 0. The number of rotatable bonds is 4. The average molecular weight is 258 g/mol. The van der Waals surface area contributed by atoms with Gasteiger partial charge in [0, 0.05) is 5.39 Å². The van der Waals surface area contributed by atoms with E-state index >= 15 is 0 Å². The van der Waals surface area contributed by atoms with Gasteiger partial charge in [-0.1, -0.05) is 24.3 Å². The summed E-state index contributed by atoms with van der Waals surface area (Å²) in [6.45, 7) is 1.59.